The van der Waals surface area contributed by atoms with Crippen LogP contribution < -0.4 is 9.47 Å². The molecule has 1 aromatic rings. The molecule has 1 aromatic carbocycles. The van der Waals surface area contributed by atoms with E-state index < -0.39 is 36.0 Å². The normalized spacial score (nSPS) is 22.8. The van der Waals surface area contributed by atoms with Gasteiger partial charge in [0.05, 0.1) is 33.2 Å². The SMILES string of the molecule is COC/C=C/C[C@@](O)(CC(=O)OC)C(=O)OC1C(OC)=C2C=C3[C@@H]1c1cc4c(cc1CCN3CC2)OCO4. The van der Waals surface area contributed by atoms with E-state index in [-0.39, 0.29) is 13.2 Å². The van der Waals surface area contributed by atoms with Crippen LogP contribution in [0.25, 0.3) is 0 Å². The Labute approximate surface area is 221 Å². The van der Waals surface area contributed by atoms with Crippen LogP contribution in [0.5, 0.6) is 11.5 Å². The molecule has 0 fully saturated rings. The highest BCUT2D eigenvalue weighted by atomic mass is 16.7. The fraction of sp³-hybridized carbons (Fsp3) is 0.500. The predicted octanol–water partition coefficient (Wildman–Crippen LogP) is 2.36. The molecule has 3 heterocycles. The molecule has 0 radical (unpaired) electrons. The lowest BCUT2D eigenvalue weighted by Crippen LogP contribution is -2.47. The molecular weight excluding hydrogens is 494 g/mol. The van der Waals surface area contributed by atoms with Crippen molar-refractivity contribution < 1.29 is 43.1 Å². The van der Waals surface area contributed by atoms with E-state index in [0.717, 1.165) is 48.3 Å². The van der Waals surface area contributed by atoms with Gasteiger partial charge in [0.1, 0.15) is 5.76 Å². The molecule has 0 amide bonds. The van der Waals surface area contributed by atoms with E-state index in [1.54, 1.807) is 19.3 Å². The van der Waals surface area contributed by atoms with Gasteiger partial charge in [0.2, 0.25) is 6.79 Å². The third-order valence-electron chi connectivity index (χ3n) is 7.54. The Kier molecular flexibility index (Phi) is 7.36. The maximum Gasteiger partial charge on any atom is 0.339 e. The second-order valence-corrected chi connectivity index (χ2v) is 9.77. The molecule has 204 valence electrons. The van der Waals surface area contributed by atoms with Gasteiger partial charge in [0.15, 0.2) is 23.2 Å². The number of methoxy groups -OCH3 is 3. The quantitative estimate of drug-likeness (QED) is 0.379. The van der Waals surface area contributed by atoms with Gasteiger partial charge in [-0.15, -0.1) is 0 Å². The summed E-state index contributed by atoms with van der Waals surface area (Å²) in [4.78, 5) is 28.2. The fourth-order valence-corrected chi connectivity index (χ4v) is 5.60. The number of aliphatic hydroxyl groups is 1. The van der Waals surface area contributed by atoms with Crippen LogP contribution in [0.4, 0.5) is 0 Å². The molecular formula is C28H33NO9. The number of benzene rings is 1. The molecule has 0 saturated carbocycles. The average Bonchev–Trinajstić information content (AvgIpc) is 3.30. The van der Waals surface area contributed by atoms with Crippen LogP contribution in [-0.4, -0.2) is 81.5 Å². The van der Waals surface area contributed by atoms with E-state index in [9.17, 15) is 14.7 Å². The predicted molar refractivity (Wildman–Crippen MR) is 134 cm³/mol. The molecule has 10 nitrogen and oxygen atoms in total. The van der Waals surface area contributed by atoms with Crippen molar-refractivity contribution in [1.82, 2.24) is 4.90 Å². The highest BCUT2D eigenvalue weighted by molar-refractivity contribution is 5.86. The average molecular weight is 528 g/mol. The third kappa shape index (κ3) is 4.74. The van der Waals surface area contributed by atoms with Gasteiger partial charge in [-0.25, -0.2) is 4.79 Å². The lowest BCUT2D eigenvalue weighted by atomic mass is 9.79. The lowest BCUT2D eigenvalue weighted by Gasteiger charge is -2.42. The first-order valence-electron chi connectivity index (χ1n) is 12.7. The van der Waals surface area contributed by atoms with Crippen molar-refractivity contribution in [3.63, 3.8) is 0 Å². The number of carbonyl (C=O) groups is 2. The Morgan fingerprint density at radius 2 is 1.89 bits per heavy atom. The van der Waals surface area contributed by atoms with Gasteiger partial charge in [0.25, 0.3) is 0 Å². The molecule has 3 atom stereocenters. The maximum absolute atomic E-state index is 13.7. The number of carbonyl (C=O) groups excluding carboxylic acids is 2. The fourth-order valence-electron chi connectivity index (χ4n) is 5.60. The Morgan fingerprint density at radius 3 is 2.63 bits per heavy atom. The molecule has 38 heavy (non-hydrogen) atoms. The zero-order chi connectivity index (χ0) is 26.9. The number of ether oxygens (including phenoxy) is 6. The van der Waals surface area contributed by atoms with Gasteiger partial charge < -0.3 is 38.4 Å². The molecule has 4 aliphatic rings. The molecule has 0 spiro atoms. The van der Waals surface area contributed by atoms with Crippen LogP contribution in [0.15, 0.2) is 47.4 Å². The number of allylic oxidation sites excluding steroid dienone is 1. The summed E-state index contributed by atoms with van der Waals surface area (Å²) in [5.41, 5.74) is 1.87. The minimum Gasteiger partial charge on any atom is -0.497 e. The first-order chi connectivity index (χ1) is 18.4. The lowest BCUT2D eigenvalue weighted by molar-refractivity contribution is -0.177. The van der Waals surface area contributed by atoms with Crippen molar-refractivity contribution in [2.45, 2.75) is 43.3 Å². The first kappa shape index (κ1) is 26.1. The molecule has 1 N–H and O–H groups in total. The van der Waals surface area contributed by atoms with Crippen LogP contribution in [-0.2, 0) is 35.0 Å². The smallest absolute Gasteiger partial charge is 0.339 e. The standard InChI is InChI=1S/C28H33NO9/c1-33-11-5-4-8-28(32,15-23(30)34-2)27(31)38-26-24-19-14-22-21(36-16-37-22)13-17(19)6-9-29-10-7-18(12-20(24)29)25(26)35-3/h4-5,12-14,24,26,32H,6-11,15-16H2,1-3H3/b5-4+/t24-,26?,28+/m0/s1. The van der Waals surface area contributed by atoms with Crippen molar-refractivity contribution in [3.05, 3.63) is 58.5 Å². The van der Waals surface area contributed by atoms with E-state index in [1.807, 2.05) is 12.1 Å². The largest absolute Gasteiger partial charge is 0.497 e. The van der Waals surface area contributed by atoms with Gasteiger partial charge >= 0.3 is 11.9 Å². The molecule has 3 aliphatic heterocycles. The molecule has 1 aliphatic carbocycles. The summed E-state index contributed by atoms with van der Waals surface area (Å²) in [6, 6.07) is 3.95. The third-order valence-corrected chi connectivity index (χ3v) is 7.54. The zero-order valence-electron chi connectivity index (χ0n) is 21.9. The highest BCUT2D eigenvalue weighted by Gasteiger charge is 2.48. The number of esters is 2. The van der Waals surface area contributed by atoms with E-state index in [2.05, 4.69) is 11.0 Å². The van der Waals surface area contributed by atoms with E-state index in [0.29, 0.717) is 23.9 Å². The van der Waals surface area contributed by atoms with Gasteiger partial charge in [-0.2, -0.15) is 0 Å². The summed E-state index contributed by atoms with van der Waals surface area (Å²) in [6.45, 7) is 2.08. The topological polar surface area (TPSA) is 113 Å². The van der Waals surface area contributed by atoms with Crippen LogP contribution in [0.3, 0.4) is 0 Å². The molecule has 10 heteroatoms. The molecule has 0 aromatic heterocycles. The Morgan fingerprint density at radius 1 is 1.13 bits per heavy atom. The Balaban J connectivity index is 1.54. The van der Waals surface area contributed by atoms with Crippen molar-refractivity contribution in [3.8, 4) is 11.5 Å². The number of nitrogens with zero attached hydrogens (tertiary/aromatic N) is 1. The summed E-state index contributed by atoms with van der Waals surface area (Å²) in [5, 5.41) is 11.4. The highest BCUT2D eigenvalue weighted by Crippen LogP contribution is 2.49. The Bertz CT molecular complexity index is 1200. The van der Waals surface area contributed by atoms with Crippen molar-refractivity contribution in [2.24, 2.45) is 0 Å². The first-order valence-corrected chi connectivity index (χ1v) is 12.7. The monoisotopic (exact) mass is 527 g/mol. The van der Waals surface area contributed by atoms with E-state index in [4.69, 9.17) is 28.4 Å². The van der Waals surface area contributed by atoms with Crippen molar-refractivity contribution >= 4 is 11.9 Å². The number of rotatable bonds is 9. The number of hydrogen-bond acceptors (Lipinski definition) is 10. The van der Waals surface area contributed by atoms with Crippen LogP contribution >= 0.6 is 0 Å². The number of fused-ring (bicyclic) bond motifs is 4. The maximum atomic E-state index is 13.7. The minimum atomic E-state index is -2.13. The van der Waals surface area contributed by atoms with Gasteiger partial charge in [-0.3, -0.25) is 4.79 Å². The summed E-state index contributed by atoms with van der Waals surface area (Å²) >= 11 is 0. The molecule has 0 saturated heterocycles. The summed E-state index contributed by atoms with van der Waals surface area (Å²) in [5.74, 6) is -0.178. The molecule has 2 bridgehead atoms. The number of hydrogen-bond donors (Lipinski definition) is 1. The van der Waals surface area contributed by atoms with Gasteiger partial charge in [0, 0.05) is 32.3 Å². The summed E-state index contributed by atoms with van der Waals surface area (Å²) in [6.07, 6.45) is 5.33. The Hall–Kier alpha value is -3.50. The molecule has 1 unspecified atom stereocenters. The van der Waals surface area contributed by atoms with Crippen molar-refractivity contribution in [2.75, 3.05) is 47.8 Å². The minimum absolute atomic E-state index is 0.148. The molecule has 5 rings (SSSR count). The van der Waals surface area contributed by atoms with Crippen LogP contribution in [0, 0.1) is 0 Å². The van der Waals surface area contributed by atoms with Crippen LogP contribution in [0.2, 0.25) is 0 Å². The van der Waals surface area contributed by atoms with Gasteiger partial charge in [-0.05, 0) is 47.8 Å². The van der Waals surface area contributed by atoms with E-state index >= 15 is 0 Å². The summed E-state index contributed by atoms with van der Waals surface area (Å²) in [7, 11) is 4.30. The van der Waals surface area contributed by atoms with Gasteiger partial charge in [-0.1, -0.05) is 12.2 Å². The second kappa shape index (κ2) is 10.7. The van der Waals surface area contributed by atoms with Crippen molar-refractivity contribution in [1.29, 1.82) is 0 Å². The zero-order valence-corrected chi connectivity index (χ0v) is 21.9. The van der Waals surface area contributed by atoms with Crippen LogP contribution in [0.1, 0.15) is 36.3 Å². The summed E-state index contributed by atoms with van der Waals surface area (Å²) < 4.78 is 33.0. The second-order valence-electron chi connectivity index (χ2n) is 9.77. The van der Waals surface area contributed by atoms with E-state index in [1.165, 1.54) is 14.2 Å².